The van der Waals surface area contributed by atoms with Gasteiger partial charge in [-0.1, -0.05) is 46.3 Å². The number of aromatic nitrogens is 1. The molecule has 1 atom stereocenters. The highest BCUT2D eigenvalue weighted by molar-refractivity contribution is 9.10. The van der Waals surface area contributed by atoms with Crippen LogP contribution >= 0.6 is 15.9 Å². The van der Waals surface area contributed by atoms with E-state index in [1.807, 2.05) is 54.6 Å². The molecule has 3 aromatic rings. The van der Waals surface area contributed by atoms with Crippen LogP contribution in [-0.4, -0.2) is 24.0 Å². The Balaban J connectivity index is 1.69. The average molecular weight is 443 g/mol. The molecule has 144 valence electrons. The number of nitrogens with one attached hydrogen (secondary N) is 1. The summed E-state index contributed by atoms with van der Waals surface area (Å²) in [7, 11) is 1.32. The third kappa shape index (κ3) is 5.29. The van der Waals surface area contributed by atoms with E-state index in [0.717, 1.165) is 15.6 Å². The number of methoxy groups -OCH3 is 1. The van der Waals surface area contributed by atoms with Gasteiger partial charge in [-0.05, 0) is 29.8 Å². The molecule has 7 heteroatoms. The quantitative estimate of drug-likeness (QED) is 0.557. The highest BCUT2D eigenvalue weighted by atomic mass is 79.9. The van der Waals surface area contributed by atoms with E-state index >= 15 is 0 Å². The van der Waals surface area contributed by atoms with Crippen molar-refractivity contribution in [1.82, 2.24) is 10.3 Å². The second kappa shape index (κ2) is 9.32. The molecule has 1 unspecified atom stereocenters. The molecule has 0 aliphatic carbocycles. The number of oxazole rings is 1. The normalized spacial score (nSPS) is 11.6. The van der Waals surface area contributed by atoms with E-state index in [1.54, 1.807) is 0 Å². The molecule has 3 rings (SSSR count). The summed E-state index contributed by atoms with van der Waals surface area (Å²) in [5.74, 6) is -0.201. The van der Waals surface area contributed by atoms with Crippen LogP contribution in [0.25, 0.3) is 11.5 Å². The highest BCUT2D eigenvalue weighted by Crippen LogP contribution is 2.21. The Morgan fingerprint density at radius 1 is 1.14 bits per heavy atom. The number of rotatable bonds is 7. The fourth-order valence-corrected chi connectivity index (χ4v) is 2.97. The largest absolute Gasteiger partial charge is 0.469 e. The van der Waals surface area contributed by atoms with E-state index in [1.165, 1.54) is 13.4 Å². The van der Waals surface area contributed by atoms with Crippen LogP contribution in [0.2, 0.25) is 0 Å². The number of benzene rings is 2. The van der Waals surface area contributed by atoms with Crippen molar-refractivity contribution in [3.05, 3.63) is 76.6 Å². The Morgan fingerprint density at radius 3 is 2.54 bits per heavy atom. The molecule has 0 radical (unpaired) electrons. The monoisotopic (exact) mass is 442 g/mol. The van der Waals surface area contributed by atoms with Crippen molar-refractivity contribution in [2.24, 2.45) is 0 Å². The fraction of sp³-hybridized carbons (Fsp3) is 0.190. The van der Waals surface area contributed by atoms with Gasteiger partial charge < -0.3 is 14.5 Å². The first-order chi connectivity index (χ1) is 13.5. The molecule has 1 heterocycles. The van der Waals surface area contributed by atoms with Gasteiger partial charge >= 0.3 is 5.97 Å². The smallest absolute Gasteiger partial charge is 0.307 e. The minimum atomic E-state index is -0.492. The van der Waals surface area contributed by atoms with Crippen molar-refractivity contribution in [2.75, 3.05) is 7.11 Å². The van der Waals surface area contributed by atoms with Crippen LogP contribution in [-0.2, 0) is 20.7 Å². The van der Waals surface area contributed by atoms with E-state index in [4.69, 9.17) is 9.15 Å². The third-order valence-corrected chi connectivity index (χ3v) is 4.65. The Bertz CT molecular complexity index is 939. The number of hydrogen-bond acceptors (Lipinski definition) is 5. The maximum absolute atomic E-state index is 12.5. The van der Waals surface area contributed by atoms with E-state index in [0.29, 0.717) is 11.6 Å². The van der Waals surface area contributed by atoms with E-state index in [9.17, 15) is 9.59 Å². The van der Waals surface area contributed by atoms with Gasteiger partial charge in [-0.3, -0.25) is 9.59 Å². The summed E-state index contributed by atoms with van der Waals surface area (Å²) in [6.07, 6.45) is 1.55. The van der Waals surface area contributed by atoms with E-state index < -0.39 is 12.0 Å². The first kappa shape index (κ1) is 19.8. The van der Waals surface area contributed by atoms with Crippen LogP contribution < -0.4 is 5.32 Å². The zero-order valence-electron chi connectivity index (χ0n) is 15.2. The summed E-state index contributed by atoms with van der Waals surface area (Å²) in [4.78, 5) is 28.6. The number of esters is 1. The number of hydrogen-bond donors (Lipinski definition) is 1. The molecule has 0 aliphatic rings. The molecule has 0 fully saturated rings. The standard InChI is InChI=1S/C21H19BrN2O4/c1-27-20(26)12-18(14-7-9-16(22)10-8-14)24-19(25)11-17-13-28-21(23-17)15-5-3-2-4-6-15/h2-10,13,18H,11-12H2,1H3,(H,24,25). The summed E-state index contributed by atoms with van der Waals surface area (Å²) in [6.45, 7) is 0. The highest BCUT2D eigenvalue weighted by Gasteiger charge is 2.20. The predicted octanol–water partition coefficient (Wildman–Crippen LogP) is 4.07. The maximum atomic E-state index is 12.5. The van der Waals surface area contributed by atoms with Crippen LogP contribution in [0.4, 0.5) is 0 Å². The molecule has 1 amide bonds. The maximum Gasteiger partial charge on any atom is 0.307 e. The first-order valence-electron chi connectivity index (χ1n) is 8.66. The van der Waals surface area contributed by atoms with Crippen molar-refractivity contribution in [3.8, 4) is 11.5 Å². The van der Waals surface area contributed by atoms with E-state index in [2.05, 4.69) is 26.2 Å². The number of amides is 1. The van der Waals surface area contributed by atoms with Gasteiger partial charge in [-0.2, -0.15) is 0 Å². The average Bonchev–Trinajstić information content (AvgIpc) is 3.17. The summed E-state index contributed by atoms with van der Waals surface area (Å²) in [5.41, 5.74) is 2.17. The predicted molar refractivity (Wildman–Crippen MR) is 107 cm³/mol. The van der Waals surface area contributed by atoms with Crippen molar-refractivity contribution in [1.29, 1.82) is 0 Å². The zero-order chi connectivity index (χ0) is 19.9. The van der Waals surface area contributed by atoms with Crippen LogP contribution in [0.5, 0.6) is 0 Å². The fourth-order valence-electron chi connectivity index (χ4n) is 2.71. The van der Waals surface area contributed by atoms with Gasteiger partial charge in [0.15, 0.2) is 0 Å². The van der Waals surface area contributed by atoms with Gasteiger partial charge in [-0.15, -0.1) is 0 Å². The Hall–Kier alpha value is -2.93. The van der Waals surface area contributed by atoms with Crippen LogP contribution in [0.1, 0.15) is 23.7 Å². The molecule has 0 saturated carbocycles. The SMILES string of the molecule is COC(=O)CC(NC(=O)Cc1coc(-c2ccccc2)n1)c1ccc(Br)cc1. The molecular formula is C21H19BrN2O4. The van der Waals surface area contributed by atoms with Crippen LogP contribution in [0.15, 0.2) is 69.8 Å². The summed E-state index contributed by atoms with van der Waals surface area (Å²) < 4.78 is 11.1. The molecule has 1 aromatic heterocycles. The summed E-state index contributed by atoms with van der Waals surface area (Å²) in [5, 5.41) is 2.88. The van der Waals surface area contributed by atoms with Crippen molar-refractivity contribution < 1.29 is 18.7 Å². The minimum Gasteiger partial charge on any atom is -0.469 e. The molecular weight excluding hydrogens is 424 g/mol. The van der Waals surface area contributed by atoms with Gasteiger partial charge in [-0.25, -0.2) is 4.98 Å². The molecule has 0 aliphatic heterocycles. The molecule has 6 nitrogen and oxygen atoms in total. The lowest BCUT2D eigenvalue weighted by Crippen LogP contribution is -2.31. The van der Waals surface area contributed by atoms with Gasteiger partial charge in [0, 0.05) is 10.0 Å². The number of ether oxygens (including phenoxy) is 1. The number of carbonyl (C=O) groups excluding carboxylic acids is 2. The lowest BCUT2D eigenvalue weighted by molar-refractivity contribution is -0.141. The van der Waals surface area contributed by atoms with Crippen molar-refractivity contribution >= 4 is 27.8 Å². The zero-order valence-corrected chi connectivity index (χ0v) is 16.8. The number of carbonyl (C=O) groups is 2. The van der Waals surface area contributed by atoms with Crippen molar-refractivity contribution in [2.45, 2.75) is 18.9 Å². The number of halogens is 1. The third-order valence-electron chi connectivity index (χ3n) is 4.12. The van der Waals surface area contributed by atoms with Crippen molar-refractivity contribution in [3.63, 3.8) is 0 Å². The van der Waals surface area contributed by atoms with Gasteiger partial charge in [0.1, 0.15) is 6.26 Å². The Kier molecular flexibility index (Phi) is 6.60. The van der Waals surface area contributed by atoms with Gasteiger partial charge in [0.25, 0.3) is 0 Å². The number of nitrogens with zero attached hydrogens (tertiary/aromatic N) is 1. The minimum absolute atomic E-state index is 0.0396. The molecule has 1 N–H and O–H groups in total. The molecule has 28 heavy (non-hydrogen) atoms. The lowest BCUT2D eigenvalue weighted by atomic mass is 10.0. The molecule has 2 aromatic carbocycles. The van der Waals surface area contributed by atoms with Crippen LogP contribution in [0, 0.1) is 0 Å². The van der Waals surface area contributed by atoms with Crippen LogP contribution in [0.3, 0.4) is 0 Å². The first-order valence-corrected chi connectivity index (χ1v) is 9.46. The lowest BCUT2D eigenvalue weighted by Gasteiger charge is -2.18. The summed E-state index contributed by atoms with van der Waals surface area (Å²) in [6, 6.07) is 16.4. The molecule has 0 bridgehead atoms. The second-order valence-corrected chi connectivity index (χ2v) is 7.05. The van der Waals surface area contributed by atoms with Gasteiger partial charge in [0.2, 0.25) is 11.8 Å². The Labute approximate surface area is 171 Å². The van der Waals surface area contributed by atoms with E-state index in [-0.39, 0.29) is 18.7 Å². The molecule has 0 saturated heterocycles. The topological polar surface area (TPSA) is 81.4 Å². The second-order valence-electron chi connectivity index (χ2n) is 6.14. The summed E-state index contributed by atoms with van der Waals surface area (Å²) >= 11 is 3.38. The molecule has 0 spiro atoms. The Morgan fingerprint density at radius 2 is 1.86 bits per heavy atom. The van der Waals surface area contributed by atoms with Gasteiger partial charge in [0.05, 0.1) is 31.7 Å².